The molecule has 0 unspecified atom stereocenters. The number of carbonyl (C=O) groups is 2. The van der Waals surface area contributed by atoms with Crippen molar-refractivity contribution in [2.24, 2.45) is 7.05 Å². The van der Waals surface area contributed by atoms with Crippen molar-refractivity contribution in [1.82, 2.24) is 29.3 Å². The lowest BCUT2D eigenvalue weighted by Gasteiger charge is -2.10. The fourth-order valence-corrected chi connectivity index (χ4v) is 3.05. The van der Waals surface area contributed by atoms with Crippen LogP contribution in [0.2, 0.25) is 0 Å². The first kappa shape index (κ1) is 23.0. The van der Waals surface area contributed by atoms with Gasteiger partial charge in [-0.05, 0) is 26.8 Å². The average molecular weight is 452 g/mol. The standard InChI is InChI=1S/C19H23F3N8O2/c1-5-29-17(18(32)26-13-9-23-28(4)12(13)3)14(10-24-29)25-16(31)6-7-30-11(2)8-15(27-30)19(20,21)22/h8-10H,5-7H2,1-4H3,(H,25,31)(H,26,32). The molecular weight excluding hydrogens is 429 g/mol. The van der Waals surface area contributed by atoms with Gasteiger partial charge >= 0.3 is 6.18 Å². The first-order valence-corrected chi connectivity index (χ1v) is 9.78. The predicted octanol–water partition coefficient (Wildman–Crippen LogP) is 2.75. The molecule has 0 aliphatic heterocycles. The third kappa shape index (κ3) is 4.81. The van der Waals surface area contributed by atoms with Gasteiger partial charge in [0.2, 0.25) is 5.91 Å². The van der Waals surface area contributed by atoms with Crippen LogP contribution in [0.3, 0.4) is 0 Å². The van der Waals surface area contributed by atoms with Gasteiger partial charge < -0.3 is 10.6 Å². The minimum Gasteiger partial charge on any atom is -0.323 e. The number of anilines is 2. The Balaban J connectivity index is 1.70. The molecule has 3 heterocycles. The molecule has 0 spiro atoms. The molecule has 0 aliphatic carbocycles. The van der Waals surface area contributed by atoms with Gasteiger partial charge in [-0.15, -0.1) is 0 Å². The van der Waals surface area contributed by atoms with Crippen molar-refractivity contribution < 1.29 is 22.8 Å². The molecule has 3 aromatic heterocycles. The monoisotopic (exact) mass is 452 g/mol. The van der Waals surface area contributed by atoms with E-state index in [0.717, 1.165) is 16.4 Å². The van der Waals surface area contributed by atoms with Crippen molar-refractivity contribution in [2.45, 2.75) is 46.5 Å². The first-order chi connectivity index (χ1) is 15.0. The zero-order chi connectivity index (χ0) is 23.6. The lowest BCUT2D eigenvalue weighted by molar-refractivity contribution is -0.141. The van der Waals surface area contributed by atoms with Gasteiger partial charge in [-0.1, -0.05) is 0 Å². The molecule has 0 fully saturated rings. The first-order valence-electron chi connectivity index (χ1n) is 9.78. The summed E-state index contributed by atoms with van der Waals surface area (Å²) in [5, 5.41) is 17.1. The minimum atomic E-state index is -4.55. The summed E-state index contributed by atoms with van der Waals surface area (Å²) in [6, 6.07) is 0.923. The maximum Gasteiger partial charge on any atom is 0.435 e. The van der Waals surface area contributed by atoms with Crippen molar-refractivity contribution in [3.8, 4) is 0 Å². The Morgan fingerprint density at radius 2 is 1.75 bits per heavy atom. The molecule has 0 aromatic carbocycles. The number of hydrogen-bond donors (Lipinski definition) is 2. The average Bonchev–Trinajstić information content (AvgIpc) is 3.39. The van der Waals surface area contributed by atoms with Gasteiger partial charge in [-0.3, -0.25) is 23.6 Å². The quantitative estimate of drug-likeness (QED) is 0.573. The number of halogens is 3. The van der Waals surface area contributed by atoms with E-state index in [2.05, 4.69) is 25.9 Å². The summed E-state index contributed by atoms with van der Waals surface area (Å²) in [5.74, 6) is -0.968. The molecular formula is C19H23F3N8O2. The van der Waals surface area contributed by atoms with E-state index in [-0.39, 0.29) is 30.0 Å². The molecule has 2 N–H and O–H groups in total. The van der Waals surface area contributed by atoms with Gasteiger partial charge in [-0.25, -0.2) is 0 Å². The number of aromatic nitrogens is 6. The van der Waals surface area contributed by atoms with Crippen LogP contribution in [0.5, 0.6) is 0 Å². The molecule has 0 atom stereocenters. The van der Waals surface area contributed by atoms with E-state index in [4.69, 9.17) is 0 Å². The van der Waals surface area contributed by atoms with E-state index in [1.54, 1.807) is 25.6 Å². The Kier molecular flexibility index (Phi) is 6.37. The van der Waals surface area contributed by atoms with Crippen LogP contribution in [0.15, 0.2) is 18.5 Å². The third-order valence-corrected chi connectivity index (χ3v) is 4.93. The molecule has 32 heavy (non-hydrogen) atoms. The van der Waals surface area contributed by atoms with Gasteiger partial charge in [-0.2, -0.15) is 28.5 Å². The number of carbonyl (C=O) groups excluding carboxylic acids is 2. The number of aryl methyl sites for hydroxylation is 4. The molecule has 3 aromatic rings. The van der Waals surface area contributed by atoms with Crippen LogP contribution in [0, 0.1) is 13.8 Å². The number of nitrogens with zero attached hydrogens (tertiary/aromatic N) is 6. The van der Waals surface area contributed by atoms with E-state index in [9.17, 15) is 22.8 Å². The number of amides is 2. The largest absolute Gasteiger partial charge is 0.435 e. The highest BCUT2D eigenvalue weighted by molar-refractivity contribution is 6.09. The molecule has 0 aliphatic rings. The van der Waals surface area contributed by atoms with Crippen molar-refractivity contribution in [3.05, 3.63) is 41.2 Å². The number of alkyl halides is 3. The lowest BCUT2D eigenvalue weighted by Crippen LogP contribution is -2.22. The molecule has 0 saturated carbocycles. The summed E-state index contributed by atoms with van der Waals surface area (Å²) in [5.41, 5.74) is 0.899. The Hall–Kier alpha value is -3.64. The lowest BCUT2D eigenvalue weighted by atomic mass is 10.3. The maximum absolute atomic E-state index is 12.9. The van der Waals surface area contributed by atoms with Gasteiger partial charge in [0.05, 0.1) is 29.5 Å². The topological polar surface area (TPSA) is 112 Å². The van der Waals surface area contributed by atoms with Crippen LogP contribution in [-0.4, -0.2) is 41.2 Å². The normalized spacial score (nSPS) is 11.6. The van der Waals surface area contributed by atoms with Gasteiger partial charge in [0.25, 0.3) is 5.91 Å². The zero-order valence-electron chi connectivity index (χ0n) is 18.0. The second kappa shape index (κ2) is 8.85. The predicted molar refractivity (Wildman–Crippen MR) is 109 cm³/mol. The fraction of sp³-hybridized carbons (Fsp3) is 0.421. The SMILES string of the molecule is CCn1ncc(NC(=O)CCn2nc(C(F)(F)F)cc2C)c1C(=O)Nc1cnn(C)c1C. The highest BCUT2D eigenvalue weighted by atomic mass is 19.4. The number of nitrogens with one attached hydrogen (secondary N) is 2. The summed E-state index contributed by atoms with van der Waals surface area (Å²) in [7, 11) is 1.74. The van der Waals surface area contributed by atoms with Crippen molar-refractivity contribution >= 4 is 23.2 Å². The van der Waals surface area contributed by atoms with Crippen LogP contribution in [0.4, 0.5) is 24.5 Å². The summed E-state index contributed by atoms with van der Waals surface area (Å²) < 4.78 is 42.6. The smallest absolute Gasteiger partial charge is 0.323 e. The molecule has 0 saturated heterocycles. The van der Waals surface area contributed by atoms with E-state index in [1.165, 1.54) is 24.0 Å². The highest BCUT2D eigenvalue weighted by Gasteiger charge is 2.34. The van der Waals surface area contributed by atoms with Gasteiger partial charge in [0.15, 0.2) is 5.69 Å². The Bertz CT molecular complexity index is 1140. The summed E-state index contributed by atoms with van der Waals surface area (Å²) in [6.07, 6.45) is -1.82. The number of hydrogen-bond acceptors (Lipinski definition) is 5. The van der Waals surface area contributed by atoms with Crippen molar-refractivity contribution in [1.29, 1.82) is 0 Å². The van der Waals surface area contributed by atoms with E-state index >= 15 is 0 Å². The summed E-state index contributed by atoms with van der Waals surface area (Å²) >= 11 is 0. The van der Waals surface area contributed by atoms with Gasteiger partial charge in [0, 0.05) is 32.3 Å². The third-order valence-electron chi connectivity index (χ3n) is 4.93. The Labute approximate surface area is 181 Å². The number of rotatable bonds is 7. The van der Waals surface area contributed by atoms with Crippen LogP contribution in [0.1, 0.15) is 40.9 Å². The molecule has 2 amide bonds. The van der Waals surface area contributed by atoms with Crippen LogP contribution < -0.4 is 10.6 Å². The van der Waals surface area contributed by atoms with Crippen LogP contribution in [0.25, 0.3) is 0 Å². The Morgan fingerprint density at radius 3 is 2.31 bits per heavy atom. The van der Waals surface area contributed by atoms with Gasteiger partial charge in [0.1, 0.15) is 5.69 Å². The van der Waals surface area contributed by atoms with E-state index in [1.807, 2.05) is 0 Å². The second-order valence-electron chi connectivity index (χ2n) is 7.13. The van der Waals surface area contributed by atoms with E-state index < -0.39 is 23.7 Å². The van der Waals surface area contributed by atoms with Crippen molar-refractivity contribution in [2.75, 3.05) is 10.6 Å². The second-order valence-corrected chi connectivity index (χ2v) is 7.13. The fourth-order valence-electron chi connectivity index (χ4n) is 3.05. The van der Waals surface area contributed by atoms with Crippen molar-refractivity contribution in [3.63, 3.8) is 0 Å². The van der Waals surface area contributed by atoms with Crippen LogP contribution in [-0.2, 0) is 31.1 Å². The minimum absolute atomic E-state index is 0.0495. The molecule has 3 rings (SSSR count). The molecule has 10 nitrogen and oxygen atoms in total. The maximum atomic E-state index is 12.9. The van der Waals surface area contributed by atoms with E-state index in [0.29, 0.717) is 12.2 Å². The summed E-state index contributed by atoms with van der Waals surface area (Å²) in [4.78, 5) is 25.3. The summed E-state index contributed by atoms with van der Waals surface area (Å²) in [6.45, 7) is 5.41. The zero-order valence-corrected chi connectivity index (χ0v) is 18.0. The highest BCUT2D eigenvalue weighted by Crippen LogP contribution is 2.28. The molecule has 0 bridgehead atoms. The van der Waals surface area contributed by atoms with Crippen LogP contribution >= 0.6 is 0 Å². The molecule has 172 valence electrons. The Morgan fingerprint density at radius 1 is 1.06 bits per heavy atom. The molecule has 13 heteroatoms. The molecule has 0 radical (unpaired) electrons.